The van der Waals surface area contributed by atoms with Gasteiger partial charge in [-0.15, -0.1) is 0 Å². The Morgan fingerprint density at radius 3 is 2.35 bits per heavy atom. The maximum Gasteiger partial charge on any atom is 0.410 e. The average molecular weight is 370 g/mol. The zero-order valence-corrected chi connectivity index (χ0v) is 15.3. The first-order valence-electron chi connectivity index (χ1n) is 8.81. The first-order chi connectivity index (χ1) is 12.0. The van der Waals surface area contributed by atoms with Crippen LogP contribution in [0.2, 0.25) is 0 Å². The number of nitrogens with zero attached hydrogens (tertiary/aromatic N) is 2. The summed E-state index contributed by atoms with van der Waals surface area (Å²) in [4.78, 5) is 15.3. The number of hydrogen-bond donors (Lipinski definition) is 0. The molecule has 2 heterocycles. The second-order valence-corrected chi connectivity index (χ2v) is 8.37. The zero-order valence-electron chi connectivity index (χ0n) is 15.3. The van der Waals surface area contributed by atoms with Crippen molar-refractivity contribution in [3.05, 3.63) is 35.9 Å². The Balaban J connectivity index is 1.74. The van der Waals surface area contributed by atoms with Gasteiger partial charge in [0.15, 0.2) is 0 Å². The van der Waals surface area contributed by atoms with E-state index in [2.05, 4.69) is 0 Å². The molecule has 0 saturated carbocycles. The van der Waals surface area contributed by atoms with E-state index >= 15 is 0 Å². The van der Waals surface area contributed by atoms with Crippen molar-refractivity contribution in [2.75, 3.05) is 26.2 Å². The van der Waals surface area contributed by atoms with E-state index in [1.165, 1.54) is 4.90 Å². The molecule has 2 atom stereocenters. The van der Waals surface area contributed by atoms with Gasteiger partial charge >= 0.3 is 12.3 Å². The number of alkyl halides is 3. The van der Waals surface area contributed by atoms with Gasteiger partial charge in [0.05, 0.1) is 0 Å². The Hall–Kier alpha value is -1.76. The van der Waals surface area contributed by atoms with Crippen LogP contribution in [0.25, 0.3) is 0 Å². The summed E-state index contributed by atoms with van der Waals surface area (Å²) in [5.41, 5.74) is -1.60. The molecule has 7 heteroatoms. The molecular formula is C19H25F3N2O2. The molecule has 0 unspecified atom stereocenters. The molecule has 2 saturated heterocycles. The van der Waals surface area contributed by atoms with Gasteiger partial charge in [0.25, 0.3) is 0 Å². The van der Waals surface area contributed by atoms with Crippen molar-refractivity contribution in [2.45, 2.75) is 39.1 Å². The topological polar surface area (TPSA) is 32.8 Å². The third-order valence-corrected chi connectivity index (χ3v) is 5.14. The molecule has 26 heavy (non-hydrogen) atoms. The van der Waals surface area contributed by atoms with Gasteiger partial charge in [-0.1, -0.05) is 30.3 Å². The maximum atomic E-state index is 14.0. The summed E-state index contributed by atoms with van der Waals surface area (Å²) in [6.07, 6.45) is -5.02. The molecule has 0 N–H and O–H groups in total. The summed E-state index contributed by atoms with van der Waals surface area (Å²) in [5.74, 6) is -0.626. The van der Waals surface area contributed by atoms with Crippen LogP contribution in [0.15, 0.2) is 30.3 Å². The number of fused-ring (bicyclic) bond motifs is 1. The standard InChI is InChI=1S/C19H25F3N2O2/c1-17(2,3)26-16(25)24-11-15-10-23(9-14-7-5-4-6-8-14)12-18(15,13-24)19(20,21)22/h4-8,15H,9-13H2,1-3H3/t15-,18-/m0/s1. The summed E-state index contributed by atoms with van der Waals surface area (Å²) < 4.78 is 47.2. The molecule has 2 fully saturated rings. The van der Waals surface area contributed by atoms with E-state index in [9.17, 15) is 18.0 Å². The molecule has 1 aromatic rings. The molecule has 0 bridgehead atoms. The first kappa shape index (κ1) is 19.0. The second kappa shape index (κ2) is 6.44. The largest absolute Gasteiger partial charge is 0.444 e. The number of halogens is 3. The fourth-order valence-corrected chi connectivity index (χ4v) is 4.00. The van der Waals surface area contributed by atoms with Crippen LogP contribution in [0.5, 0.6) is 0 Å². The van der Waals surface area contributed by atoms with Gasteiger partial charge in [-0.3, -0.25) is 4.90 Å². The van der Waals surface area contributed by atoms with E-state index in [1.807, 2.05) is 35.2 Å². The molecule has 144 valence electrons. The highest BCUT2D eigenvalue weighted by molar-refractivity contribution is 5.68. The molecule has 1 amide bonds. The van der Waals surface area contributed by atoms with Crippen molar-refractivity contribution in [3.63, 3.8) is 0 Å². The van der Waals surface area contributed by atoms with Gasteiger partial charge < -0.3 is 9.64 Å². The second-order valence-electron chi connectivity index (χ2n) is 8.37. The summed E-state index contributed by atoms with van der Waals surface area (Å²) >= 11 is 0. The van der Waals surface area contributed by atoms with Crippen LogP contribution in [0, 0.1) is 11.3 Å². The minimum Gasteiger partial charge on any atom is -0.444 e. The number of ether oxygens (including phenoxy) is 1. The van der Waals surface area contributed by atoms with Gasteiger partial charge in [-0.05, 0) is 26.3 Å². The lowest BCUT2D eigenvalue weighted by Crippen LogP contribution is -2.47. The number of hydrogen-bond acceptors (Lipinski definition) is 3. The lowest BCUT2D eigenvalue weighted by molar-refractivity contribution is -0.223. The van der Waals surface area contributed by atoms with Gasteiger partial charge in [0.1, 0.15) is 11.0 Å². The van der Waals surface area contributed by atoms with E-state index in [0.29, 0.717) is 13.1 Å². The van der Waals surface area contributed by atoms with Crippen molar-refractivity contribution in [3.8, 4) is 0 Å². The van der Waals surface area contributed by atoms with Gasteiger partial charge in [-0.2, -0.15) is 13.2 Å². The number of carbonyl (C=O) groups is 1. The summed E-state index contributed by atoms with van der Waals surface area (Å²) in [5, 5.41) is 0. The predicted octanol–water partition coefficient (Wildman–Crippen LogP) is 3.92. The molecule has 3 rings (SSSR count). The van der Waals surface area contributed by atoms with E-state index < -0.39 is 29.2 Å². The van der Waals surface area contributed by atoms with Gasteiger partial charge in [-0.25, -0.2) is 4.79 Å². The lowest BCUT2D eigenvalue weighted by atomic mass is 9.80. The van der Waals surface area contributed by atoms with Crippen molar-refractivity contribution < 1.29 is 22.7 Å². The highest BCUT2D eigenvalue weighted by Gasteiger charge is 2.67. The quantitative estimate of drug-likeness (QED) is 0.791. The molecule has 0 aliphatic carbocycles. The van der Waals surface area contributed by atoms with Crippen molar-refractivity contribution in [1.29, 1.82) is 0 Å². The summed E-state index contributed by atoms with van der Waals surface area (Å²) in [6, 6.07) is 9.49. The molecule has 2 aliphatic rings. The molecule has 0 spiro atoms. The monoisotopic (exact) mass is 370 g/mol. The van der Waals surface area contributed by atoms with Crippen LogP contribution in [0.3, 0.4) is 0 Å². The molecule has 0 aromatic heterocycles. The third-order valence-electron chi connectivity index (χ3n) is 5.14. The number of benzene rings is 1. The Kier molecular flexibility index (Phi) is 4.71. The minimum atomic E-state index is -4.36. The number of rotatable bonds is 2. The van der Waals surface area contributed by atoms with Crippen molar-refractivity contribution in [1.82, 2.24) is 9.80 Å². The predicted molar refractivity (Wildman–Crippen MR) is 91.5 cm³/mol. The molecule has 2 aliphatic heterocycles. The first-order valence-corrected chi connectivity index (χ1v) is 8.81. The smallest absolute Gasteiger partial charge is 0.410 e. The summed E-state index contributed by atoms with van der Waals surface area (Å²) in [6.45, 7) is 5.61. The lowest BCUT2D eigenvalue weighted by Gasteiger charge is -2.32. The SMILES string of the molecule is CC(C)(C)OC(=O)N1C[C@@H]2CN(Cc3ccccc3)C[C@]2(C(F)(F)F)C1. The molecule has 0 radical (unpaired) electrons. The minimum absolute atomic E-state index is 0.0830. The van der Waals surface area contributed by atoms with Crippen LogP contribution in [-0.2, 0) is 11.3 Å². The number of amides is 1. The van der Waals surface area contributed by atoms with Crippen LogP contribution < -0.4 is 0 Å². The fraction of sp³-hybridized carbons (Fsp3) is 0.632. The van der Waals surface area contributed by atoms with E-state index in [0.717, 1.165) is 5.56 Å². The van der Waals surface area contributed by atoms with Gasteiger partial charge in [0.2, 0.25) is 0 Å². The zero-order chi connectivity index (χ0) is 19.2. The Bertz CT molecular complexity index is 657. The summed E-state index contributed by atoms with van der Waals surface area (Å²) in [7, 11) is 0. The fourth-order valence-electron chi connectivity index (χ4n) is 4.00. The van der Waals surface area contributed by atoms with Crippen LogP contribution in [0.4, 0.5) is 18.0 Å². The normalized spacial score (nSPS) is 26.8. The third kappa shape index (κ3) is 3.68. The number of carbonyl (C=O) groups excluding carboxylic acids is 1. The molecular weight excluding hydrogens is 345 g/mol. The Labute approximate surface area is 151 Å². The van der Waals surface area contributed by atoms with E-state index in [-0.39, 0.29) is 19.6 Å². The van der Waals surface area contributed by atoms with Gasteiger partial charge in [0, 0.05) is 38.6 Å². The Morgan fingerprint density at radius 2 is 1.81 bits per heavy atom. The highest BCUT2D eigenvalue weighted by atomic mass is 19.4. The van der Waals surface area contributed by atoms with Crippen LogP contribution in [0.1, 0.15) is 26.3 Å². The average Bonchev–Trinajstić information content (AvgIpc) is 3.01. The Morgan fingerprint density at radius 1 is 1.15 bits per heavy atom. The molecule has 4 nitrogen and oxygen atoms in total. The van der Waals surface area contributed by atoms with E-state index in [4.69, 9.17) is 4.74 Å². The molecule has 1 aromatic carbocycles. The maximum absolute atomic E-state index is 14.0. The van der Waals surface area contributed by atoms with Crippen molar-refractivity contribution in [2.24, 2.45) is 11.3 Å². The van der Waals surface area contributed by atoms with Crippen LogP contribution >= 0.6 is 0 Å². The van der Waals surface area contributed by atoms with E-state index in [1.54, 1.807) is 20.8 Å². The van der Waals surface area contributed by atoms with Crippen molar-refractivity contribution >= 4 is 6.09 Å². The van der Waals surface area contributed by atoms with Crippen LogP contribution in [-0.4, -0.2) is 53.8 Å². The number of likely N-dealkylation sites (tertiary alicyclic amines) is 2. The highest BCUT2D eigenvalue weighted by Crippen LogP contribution is 2.53.